The molecule has 2 atom stereocenters. The summed E-state index contributed by atoms with van der Waals surface area (Å²) < 4.78 is 0. The fourth-order valence-corrected chi connectivity index (χ4v) is 4.41. The van der Waals surface area contributed by atoms with Gasteiger partial charge in [0.25, 0.3) is 0 Å². The van der Waals surface area contributed by atoms with Crippen LogP contribution in [0.2, 0.25) is 0 Å². The molecule has 0 aromatic carbocycles. The summed E-state index contributed by atoms with van der Waals surface area (Å²) >= 11 is 0. The number of rotatable bonds is 5. The molecule has 1 unspecified atom stereocenters. The molecular formula is C19H38. The van der Waals surface area contributed by atoms with Gasteiger partial charge in [-0.2, -0.15) is 0 Å². The van der Waals surface area contributed by atoms with Crippen molar-refractivity contribution >= 4 is 0 Å². The van der Waals surface area contributed by atoms with E-state index in [4.69, 9.17) is 0 Å². The minimum absolute atomic E-state index is 0.499. The van der Waals surface area contributed by atoms with E-state index < -0.39 is 0 Å². The monoisotopic (exact) mass is 266 g/mol. The Kier molecular flexibility index (Phi) is 5.55. The van der Waals surface area contributed by atoms with Crippen LogP contribution in [-0.2, 0) is 0 Å². The third-order valence-corrected chi connectivity index (χ3v) is 7.23. The van der Waals surface area contributed by atoms with E-state index >= 15 is 0 Å². The van der Waals surface area contributed by atoms with E-state index in [-0.39, 0.29) is 0 Å². The highest BCUT2D eigenvalue weighted by Gasteiger charge is 2.45. The van der Waals surface area contributed by atoms with Gasteiger partial charge >= 0.3 is 0 Å². The molecule has 0 heteroatoms. The SMILES string of the molecule is CCC(C)(C(C)C)[C@@H](C)C1(C)CCC(C(C)C)CC1. The van der Waals surface area contributed by atoms with Crippen LogP contribution < -0.4 is 0 Å². The molecule has 114 valence electrons. The quantitative estimate of drug-likeness (QED) is 0.529. The molecule has 0 saturated heterocycles. The molecule has 1 rings (SSSR count). The van der Waals surface area contributed by atoms with Crippen LogP contribution in [0.4, 0.5) is 0 Å². The van der Waals surface area contributed by atoms with Crippen LogP contribution in [0.15, 0.2) is 0 Å². The zero-order chi connectivity index (χ0) is 14.8. The van der Waals surface area contributed by atoms with Crippen LogP contribution in [-0.4, -0.2) is 0 Å². The lowest BCUT2D eigenvalue weighted by atomic mass is 9.54. The highest BCUT2D eigenvalue weighted by molar-refractivity contribution is 4.95. The van der Waals surface area contributed by atoms with E-state index in [1.165, 1.54) is 32.1 Å². The average molecular weight is 267 g/mol. The van der Waals surface area contributed by atoms with E-state index in [0.29, 0.717) is 10.8 Å². The van der Waals surface area contributed by atoms with Gasteiger partial charge in [0.2, 0.25) is 0 Å². The Morgan fingerprint density at radius 2 is 1.53 bits per heavy atom. The summed E-state index contributed by atoms with van der Waals surface area (Å²) in [4.78, 5) is 0. The van der Waals surface area contributed by atoms with E-state index in [9.17, 15) is 0 Å². The Hall–Kier alpha value is 0. The first kappa shape index (κ1) is 17.1. The van der Waals surface area contributed by atoms with Gasteiger partial charge in [-0.25, -0.2) is 0 Å². The zero-order valence-electron chi connectivity index (χ0n) is 14.8. The third kappa shape index (κ3) is 3.37. The minimum atomic E-state index is 0.499. The van der Waals surface area contributed by atoms with Crippen LogP contribution in [0.3, 0.4) is 0 Å². The maximum Gasteiger partial charge on any atom is -0.0275 e. The maximum absolute atomic E-state index is 2.57. The zero-order valence-corrected chi connectivity index (χ0v) is 14.8. The Morgan fingerprint density at radius 3 is 1.84 bits per heavy atom. The highest BCUT2D eigenvalue weighted by Crippen LogP contribution is 2.54. The average Bonchev–Trinajstić information content (AvgIpc) is 2.37. The van der Waals surface area contributed by atoms with Crippen molar-refractivity contribution in [1.29, 1.82) is 0 Å². The molecule has 1 aliphatic carbocycles. The van der Waals surface area contributed by atoms with Crippen LogP contribution in [0, 0.1) is 34.5 Å². The fraction of sp³-hybridized carbons (Fsp3) is 1.00. The Balaban J connectivity index is 2.79. The van der Waals surface area contributed by atoms with Gasteiger partial charge in [0, 0.05) is 0 Å². The summed E-state index contributed by atoms with van der Waals surface area (Å²) in [7, 11) is 0. The highest BCUT2D eigenvalue weighted by atomic mass is 14.5. The molecule has 0 spiro atoms. The van der Waals surface area contributed by atoms with Gasteiger partial charge in [0.1, 0.15) is 0 Å². The molecule has 0 amide bonds. The van der Waals surface area contributed by atoms with Gasteiger partial charge in [0.15, 0.2) is 0 Å². The lowest BCUT2D eigenvalue weighted by Gasteiger charge is -2.51. The van der Waals surface area contributed by atoms with Crippen molar-refractivity contribution in [1.82, 2.24) is 0 Å². The van der Waals surface area contributed by atoms with E-state index in [1.807, 2.05) is 0 Å². The van der Waals surface area contributed by atoms with Crippen molar-refractivity contribution in [3.63, 3.8) is 0 Å². The Labute approximate surface area is 122 Å². The molecule has 0 aliphatic heterocycles. The first-order valence-electron chi connectivity index (χ1n) is 8.67. The molecule has 1 saturated carbocycles. The molecule has 0 aromatic heterocycles. The minimum Gasteiger partial charge on any atom is -0.0648 e. The normalized spacial score (nSPS) is 33.5. The van der Waals surface area contributed by atoms with Gasteiger partial charge in [-0.3, -0.25) is 0 Å². The molecule has 1 fully saturated rings. The first-order chi connectivity index (χ1) is 8.67. The van der Waals surface area contributed by atoms with Crippen LogP contribution in [0.5, 0.6) is 0 Å². The predicted molar refractivity (Wildman–Crippen MR) is 87.3 cm³/mol. The van der Waals surface area contributed by atoms with E-state index in [1.54, 1.807) is 0 Å². The standard InChI is InChI=1S/C19H38/c1-9-19(8,15(4)5)16(6)18(7)12-10-17(11-13-18)14(2)3/h14-17H,9-13H2,1-8H3/t16-,17?,18?,19?/m0/s1. The van der Waals surface area contributed by atoms with Crippen molar-refractivity contribution in [2.45, 2.75) is 87.5 Å². The summed E-state index contributed by atoms with van der Waals surface area (Å²) in [6.07, 6.45) is 7.11. The summed E-state index contributed by atoms with van der Waals surface area (Å²) in [5.41, 5.74) is 1.07. The van der Waals surface area contributed by atoms with Gasteiger partial charge in [-0.1, -0.05) is 61.8 Å². The first-order valence-corrected chi connectivity index (χ1v) is 8.67. The van der Waals surface area contributed by atoms with Crippen molar-refractivity contribution in [2.75, 3.05) is 0 Å². The third-order valence-electron chi connectivity index (χ3n) is 7.23. The van der Waals surface area contributed by atoms with Gasteiger partial charge in [-0.15, -0.1) is 0 Å². The second-order valence-electron chi connectivity index (χ2n) is 8.47. The number of hydrogen-bond donors (Lipinski definition) is 0. The smallest absolute Gasteiger partial charge is 0.0275 e. The molecule has 0 bridgehead atoms. The van der Waals surface area contributed by atoms with Gasteiger partial charge in [0.05, 0.1) is 0 Å². The van der Waals surface area contributed by atoms with E-state index in [0.717, 1.165) is 23.7 Å². The van der Waals surface area contributed by atoms with Crippen molar-refractivity contribution in [3.05, 3.63) is 0 Å². The largest absolute Gasteiger partial charge is 0.0648 e. The Bertz CT molecular complexity index is 268. The fourth-order valence-electron chi connectivity index (χ4n) is 4.41. The molecule has 1 aliphatic rings. The maximum atomic E-state index is 2.57. The molecule has 0 radical (unpaired) electrons. The lowest BCUT2D eigenvalue weighted by Crippen LogP contribution is -2.43. The lowest BCUT2D eigenvalue weighted by molar-refractivity contribution is -0.0180. The van der Waals surface area contributed by atoms with Crippen LogP contribution >= 0.6 is 0 Å². The molecule has 0 heterocycles. The second kappa shape index (κ2) is 6.19. The van der Waals surface area contributed by atoms with Gasteiger partial charge < -0.3 is 0 Å². The molecule has 19 heavy (non-hydrogen) atoms. The van der Waals surface area contributed by atoms with Crippen molar-refractivity contribution in [3.8, 4) is 0 Å². The number of hydrogen-bond acceptors (Lipinski definition) is 0. The summed E-state index contributed by atoms with van der Waals surface area (Å²) in [6.45, 7) is 19.7. The summed E-state index contributed by atoms with van der Waals surface area (Å²) in [5.74, 6) is 3.47. The molecule has 0 N–H and O–H groups in total. The molecule has 0 nitrogen and oxygen atoms in total. The Morgan fingerprint density at radius 1 is 1.05 bits per heavy atom. The van der Waals surface area contributed by atoms with Crippen molar-refractivity contribution in [2.24, 2.45) is 34.5 Å². The van der Waals surface area contributed by atoms with Crippen LogP contribution in [0.25, 0.3) is 0 Å². The molecule has 0 aromatic rings. The van der Waals surface area contributed by atoms with Gasteiger partial charge in [-0.05, 0) is 60.2 Å². The van der Waals surface area contributed by atoms with E-state index in [2.05, 4.69) is 55.4 Å². The van der Waals surface area contributed by atoms with Crippen LogP contribution in [0.1, 0.15) is 87.5 Å². The van der Waals surface area contributed by atoms with Crippen molar-refractivity contribution < 1.29 is 0 Å². The summed E-state index contributed by atoms with van der Waals surface area (Å²) in [6, 6.07) is 0. The second-order valence-corrected chi connectivity index (χ2v) is 8.47. The molecular weight excluding hydrogens is 228 g/mol. The summed E-state index contributed by atoms with van der Waals surface area (Å²) in [5, 5.41) is 0. The topological polar surface area (TPSA) is 0 Å². The predicted octanol–water partition coefficient (Wildman–Crippen LogP) is 6.55.